The van der Waals surface area contributed by atoms with Gasteiger partial charge in [-0.1, -0.05) is 42.5 Å². The van der Waals surface area contributed by atoms with Gasteiger partial charge in [-0.05, 0) is 23.3 Å². The van der Waals surface area contributed by atoms with Gasteiger partial charge in [-0.15, -0.1) is 0 Å². The highest BCUT2D eigenvalue weighted by molar-refractivity contribution is 6.00. The zero-order valence-corrected chi connectivity index (χ0v) is 12.0. The lowest BCUT2D eigenvalue weighted by atomic mass is 9.99. The van der Waals surface area contributed by atoms with E-state index in [1.165, 1.54) is 0 Å². The van der Waals surface area contributed by atoms with Crippen LogP contribution in [-0.2, 0) is 16.0 Å². The summed E-state index contributed by atoms with van der Waals surface area (Å²) < 4.78 is 0. The van der Waals surface area contributed by atoms with E-state index in [1.807, 2.05) is 42.5 Å². The number of amides is 1. The lowest BCUT2D eigenvalue weighted by Gasteiger charge is -2.08. The Balaban J connectivity index is 2.00. The number of ketones is 1. The molecule has 0 saturated heterocycles. The number of aliphatic hydroxyl groups is 1. The molecule has 0 aliphatic carbocycles. The van der Waals surface area contributed by atoms with Crippen molar-refractivity contribution in [2.24, 2.45) is 0 Å². The number of Topliss-reactive ketones (excluding diaryl/α,β-unsaturated/α-hetero) is 1. The van der Waals surface area contributed by atoms with Crippen LogP contribution in [0, 0.1) is 0 Å². The molecule has 2 aromatic rings. The van der Waals surface area contributed by atoms with Gasteiger partial charge in [-0.2, -0.15) is 0 Å². The van der Waals surface area contributed by atoms with Gasteiger partial charge in [0.2, 0.25) is 5.91 Å². The van der Waals surface area contributed by atoms with Crippen molar-refractivity contribution >= 4 is 22.5 Å². The fraction of sp³-hybridized carbons (Fsp3) is 0.294. The Kier molecular flexibility index (Phi) is 5.06. The van der Waals surface area contributed by atoms with Gasteiger partial charge >= 0.3 is 0 Å². The van der Waals surface area contributed by atoms with Crippen LogP contribution in [0.1, 0.15) is 18.9 Å². The van der Waals surface area contributed by atoms with Crippen LogP contribution in [0.4, 0.5) is 0 Å². The van der Waals surface area contributed by atoms with E-state index in [9.17, 15) is 9.59 Å². The third-order valence-electron chi connectivity index (χ3n) is 3.22. The Morgan fingerprint density at radius 3 is 2.62 bits per heavy atom. The molecular weight excluding hydrogens is 266 g/mol. The average Bonchev–Trinajstić information content (AvgIpc) is 2.45. The zero-order chi connectivity index (χ0) is 15.2. The SMILES string of the molecule is CC(O)CNC(=O)CC(=O)Cc1cccc2ccccc12. The molecule has 0 saturated carbocycles. The van der Waals surface area contributed by atoms with Crippen LogP contribution in [0.25, 0.3) is 10.8 Å². The van der Waals surface area contributed by atoms with E-state index in [4.69, 9.17) is 5.11 Å². The van der Waals surface area contributed by atoms with E-state index >= 15 is 0 Å². The number of aliphatic hydroxyl groups excluding tert-OH is 1. The minimum Gasteiger partial charge on any atom is -0.392 e. The van der Waals surface area contributed by atoms with Crippen LogP contribution in [-0.4, -0.2) is 29.4 Å². The molecule has 2 rings (SSSR count). The quantitative estimate of drug-likeness (QED) is 0.796. The van der Waals surface area contributed by atoms with Gasteiger partial charge in [0.15, 0.2) is 0 Å². The van der Waals surface area contributed by atoms with E-state index in [2.05, 4.69) is 5.32 Å². The number of hydrogen-bond acceptors (Lipinski definition) is 3. The van der Waals surface area contributed by atoms with E-state index in [1.54, 1.807) is 6.92 Å². The molecule has 0 spiro atoms. The Hall–Kier alpha value is -2.20. The first kappa shape index (κ1) is 15.2. The highest BCUT2D eigenvalue weighted by atomic mass is 16.3. The molecule has 0 fully saturated rings. The van der Waals surface area contributed by atoms with Crippen molar-refractivity contribution in [1.82, 2.24) is 5.32 Å². The first-order chi connectivity index (χ1) is 10.1. The van der Waals surface area contributed by atoms with Crippen LogP contribution in [0.2, 0.25) is 0 Å². The molecule has 0 aliphatic rings. The molecule has 110 valence electrons. The number of rotatable bonds is 6. The lowest BCUT2D eigenvalue weighted by molar-refractivity contribution is -0.128. The molecular formula is C17H19NO3. The van der Waals surface area contributed by atoms with Crippen LogP contribution >= 0.6 is 0 Å². The van der Waals surface area contributed by atoms with E-state index in [0.717, 1.165) is 16.3 Å². The number of carbonyl (C=O) groups is 2. The normalized spacial score (nSPS) is 12.1. The van der Waals surface area contributed by atoms with Crippen LogP contribution in [0.3, 0.4) is 0 Å². The van der Waals surface area contributed by atoms with Gasteiger partial charge in [0.25, 0.3) is 0 Å². The van der Waals surface area contributed by atoms with Gasteiger partial charge in [0.05, 0.1) is 12.5 Å². The predicted molar refractivity (Wildman–Crippen MR) is 82.0 cm³/mol. The lowest BCUT2D eigenvalue weighted by Crippen LogP contribution is -2.32. The van der Waals surface area contributed by atoms with Crippen LogP contribution in [0.15, 0.2) is 42.5 Å². The number of hydrogen-bond donors (Lipinski definition) is 2. The molecule has 0 heterocycles. The Morgan fingerprint density at radius 1 is 1.14 bits per heavy atom. The zero-order valence-electron chi connectivity index (χ0n) is 12.0. The van der Waals surface area contributed by atoms with Crippen LogP contribution < -0.4 is 5.32 Å². The minimum atomic E-state index is -0.609. The molecule has 1 amide bonds. The summed E-state index contributed by atoms with van der Waals surface area (Å²) in [6, 6.07) is 13.7. The molecule has 0 bridgehead atoms. The maximum absolute atomic E-state index is 12.0. The number of nitrogens with one attached hydrogen (secondary N) is 1. The molecule has 1 unspecified atom stereocenters. The third-order valence-corrected chi connectivity index (χ3v) is 3.22. The number of carbonyl (C=O) groups excluding carboxylic acids is 2. The topological polar surface area (TPSA) is 66.4 Å². The van der Waals surface area contributed by atoms with Crippen LogP contribution in [0.5, 0.6) is 0 Å². The molecule has 0 radical (unpaired) electrons. The first-order valence-corrected chi connectivity index (χ1v) is 6.99. The Labute approximate surface area is 123 Å². The molecule has 4 nitrogen and oxygen atoms in total. The summed E-state index contributed by atoms with van der Waals surface area (Å²) in [6.45, 7) is 1.75. The summed E-state index contributed by atoms with van der Waals surface area (Å²) >= 11 is 0. The standard InChI is InChI=1S/C17H19NO3/c1-12(19)11-18-17(21)10-15(20)9-14-7-4-6-13-5-2-3-8-16(13)14/h2-8,12,19H,9-11H2,1H3,(H,18,21). The monoisotopic (exact) mass is 285 g/mol. The molecule has 2 N–H and O–H groups in total. The van der Waals surface area contributed by atoms with Gasteiger partial charge in [-0.3, -0.25) is 9.59 Å². The molecule has 0 aliphatic heterocycles. The highest BCUT2D eigenvalue weighted by Crippen LogP contribution is 2.19. The summed E-state index contributed by atoms with van der Waals surface area (Å²) in [6.07, 6.45) is -0.526. The van der Waals surface area contributed by atoms with Gasteiger partial charge < -0.3 is 10.4 Å². The van der Waals surface area contributed by atoms with E-state index < -0.39 is 6.10 Å². The molecule has 0 aromatic heterocycles. The fourth-order valence-corrected chi connectivity index (χ4v) is 2.22. The average molecular weight is 285 g/mol. The van der Waals surface area contributed by atoms with Gasteiger partial charge in [-0.25, -0.2) is 0 Å². The van der Waals surface area contributed by atoms with E-state index in [0.29, 0.717) is 0 Å². The highest BCUT2D eigenvalue weighted by Gasteiger charge is 2.12. The number of fused-ring (bicyclic) bond motifs is 1. The molecule has 4 heteroatoms. The maximum atomic E-state index is 12.0. The van der Waals surface area contributed by atoms with Crippen molar-refractivity contribution < 1.29 is 14.7 Å². The minimum absolute atomic E-state index is 0.130. The van der Waals surface area contributed by atoms with Gasteiger partial charge in [0, 0.05) is 13.0 Å². The summed E-state index contributed by atoms with van der Waals surface area (Å²) in [5.41, 5.74) is 0.932. The van der Waals surface area contributed by atoms with Crippen molar-refractivity contribution in [1.29, 1.82) is 0 Å². The van der Waals surface area contributed by atoms with Crippen molar-refractivity contribution in [2.75, 3.05) is 6.54 Å². The van der Waals surface area contributed by atoms with Crippen molar-refractivity contribution in [2.45, 2.75) is 25.9 Å². The van der Waals surface area contributed by atoms with Crippen molar-refractivity contribution in [3.05, 3.63) is 48.0 Å². The Bertz CT molecular complexity index is 644. The smallest absolute Gasteiger partial charge is 0.227 e. The summed E-state index contributed by atoms with van der Waals surface area (Å²) in [7, 11) is 0. The maximum Gasteiger partial charge on any atom is 0.227 e. The fourth-order valence-electron chi connectivity index (χ4n) is 2.22. The molecule has 1 atom stereocenters. The second-order valence-corrected chi connectivity index (χ2v) is 5.18. The predicted octanol–water partition coefficient (Wildman–Crippen LogP) is 1.84. The summed E-state index contributed by atoms with van der Waals surface area (Å²) in [5, 5.41) is 13.7. The second-order valence-electron chi connectivity index (χ2n) is 5.18. The molecule has 21 heavy (non-hydrogen) atoms. The first-order valence-electron chi connectivity index (χ1n) is 6.99. The second kappa shape index (κ2) is 6.99. The Morgan fingerprint density at radius 2 is 1.86 bits per heavy atom. The molecule has 2 aromatic carbocycles. The largest absolute Gasteiger partial charge is 0.392 e. The van der Waals surface area contributed by atoms with E-state index in [-0.39, 0.29) is 31.1 Å². The van der Waals surface area contributed by atoms with Gasteiger partial charge in [0.1, 0.15) is 5.78 Å². The summed E-state index contributed by atoms with van der Waals surface area (Å²) in [5.74, 6) is -0.476. The van der Waals surface area contributed by atoms with Crippen molar-refractivity contribution in [3.8, 4) is 0 Å². The van der Waals surface area contributed by atoms with Crippen molar-refractivity contribution in [3.63, 3.8) is 0 Å². The number of benzene rings is 2. The summed E-state index contributed by atoms with van der Waals surface area (Å²) in [4.78, 5) is 23.6. The third kappa shape index (κ3) is 4.39.